The van der Waals surface area contributed by atoms with Gasteiger partial charge in [-0.1, -0.05) is 31.2 Å². The number of nitrogens with zero attached hydrogens (tertiary/aromatic N) is 1. The predicted molar refractivity (Wildman–Crippen MR) is 107 cm³/mol. The number of ether oxygens (including phenoxy) is 2. The van der Waals surface area contributed by atoms with Crippen LogP contribution in [0.3, 0.4) is 0 Å². The Balaban J connectivity index is 1.42. The Kier molecular flexibility index (Phi) is 5.35. The number of carbonyl (C=O) groups is 1. The third-order valence-corrected chi connectivity index (χ3v) is 6.06. The summed E-state index contributed by atoms with van der Waals surface area (Å²) in [6, 6.07) is 12.9. The highest BCUT2D eigenvalue weighted by molar-refractivity contribution is 5.88. The number of likely N-dealkylation sites (tertiary alicyclic amines) is 1. The lowest BCUT2D eigenvalue weighted by molar-refractivity contribution is -0.151. The van der Waals surface area contributed by atoms with Gasteiger partial charge in [0.1, 0.15) is 5.75 Å². The number of fused-ring (bicyclic) bond motifs is 1. The molecule has 0 spiro atoms. The summed E-state index contributed by atoms with van der Waals surface area (Å²) < 4.78 is 11.2. The molecule has 4 heteroatoms. The van der Waals surface area contributed by atoms with Gasteiger partial charge in [-0.05, 0) is 54.7 Å². The third kappa shape index (κ3) is 4.11. The molecule has 1 aliphatic heterocycles. The fourth-order valence-electron chi connectivity index (χ4n) is 4.30. The fraction of sp³-hybridized carbons (Fsp3) is 0.522. The van der Waals surface area contributed by atoms with Crippen LogP contribution in [0, 0.1) is 11.8 Å². The maximum atomic E-state index is 11.5. The molecule has 1 aliphatic carbocycles. The third-order valence-electron chi connectivity index (χ3n) is 6.06. The van der Waals surface area contributed by atoms with Crippen molar-refractivity contribution in [1.29, 1.82) is 0 Å². The highest BCUT2D eigenvalue weighted by Gasteiger charge is 2.33. The summed E-state index contributed by atoms with van der Waals surface area (Å²) in [5.41, 5.74) is 1.27. The highest BCUT2D eigenvalue weighted by atomic mass is 16.5. The maximum absolute atomic E-state index is 11.5. The van der Waals surface area contributed by atoms with Gasteiger partial charge in [-0.25, -0.2) is 0 Å². The van der Waals surface area contributed by atoms with E-state index in [0.29, 0.717) is 6.10 Å². The van der Waals surface area contributed by atoms with E-state index in [1.54, 1.807) is 0 Å². The molecular weight excluding hydrogens is 338 g/mol. The fourth-order valence-corrected chi connectivity index (χ4v) is 4.30. The minimum atomic E-state index is -0.0938. The summed E-state index contributed by atoms with van der Waals surface area (Å²) in [5, 5.41) is 2.41. The van der Waals surface area contributed by atoms with E-state index in [4.69, 9.17) is 9.47 Å². The number of carbonyl (C=O) groups excluding carboxylic acids is 1. The van der Waals surface area contributed by atoms with E-state index < -0.39 is 0 Å². The lowest BCUT2D eigenvalue weighted by Crippen LogP contribution is -2.49. The standard InChI is InChI=1S/C23H29NO3/c1-16-6-9-20(10-7-16)27-22-5-3-4-18-12-17(8-11-21(18)22)13-24-14-19(15-24)23(25)26-2/h3-5,8,11-12,16,19-20H,6-7,9-10,13-15H2,1-2H3. The number of hydrogen-bond acceptors (Lipinski definition) is 4. The van der Waals surface area contributed by atoms with E-state index >= 15 is 0 Å². The normalized spacial score (nSPS) is 23.8. The quantitative estimate of drug-likeness (QED) is 0.734. The zero-order valence-electron chi connectivity index (χ0n) is 16.3. The van der Waals surface area contributed by atoms with Crippen molar-refractivity contribution in [2.45, 2.75) is 45.3 Å². The van der Waals surface area contributed by atoms with E-state index in [2.05, 4.69) is 48.2 Å². The molecule has 2 fully saturated rings. The summed E-state index contributed by atoms with van der Waals surface area (Å²) in [4.78, 5) is 13.8. The predicted octanol–water partition coefficient (Wildman–Crippen LogP) is 4.40. The molecule has 1 heterocycles. The molecular formula is C23H29NO3. The van der Waals surface area contributed by atoms with Gasteiger partial charge >= 0.3 is 5.97 Å². The van der Waals surface area contributed by atoms with E-state index in [9.17, 15) is 4.79 Å². The average molecular weight is 367 g/mol. The lowest BCUT2D eigenvalue weighted by Gasteiger charge is -2.37. The molecule has 2 aromatic carbocycles. The first-order chi connectivity index (χ1) is 13.1. The van der Waals surface area contributed by atoms with Crippen molar-refractivity contribution in [3.63, 3.8) is 0 Å². The Hall–Kier alpha value is -2.07. The van der Waals surface area contributed by atoms with Crippen molar-refractivity contribution < 1.29 is 14.3 Å². The smallest absolute Gasteiger partial charge is 0.311 e. The van der Waals surface area contributed by atoms with Crippen LogP contribution in [0.15, 0.2) is 36.4 Å². The van der Waals surface area contributed by atoms with E-state index in [0.717, 1.165) is 44.1 Å². The van der Waals surface area contributed by atoms with Crippen LogP contribution in [-0.2, 0) is 16.1 Å². The highest BCUT2D eigenvalue weighted by Crippen LogP contribution is 2.32. The largest absolute Gasteiger partial charge is 0.490 e. The molecule has 0 atom stereocenters. The van der Waals surface area contributed by atoms with Crippen LogP contribution in [0.5, 0.6) is 5.75 Å². The van der Waals surface area contributed by atoms with Gasteiger partial charge in [-0.2, -0.15) is 0 Å². The van der Waals surface area contributed by atoms with Gasteiger partial charge < -0.3 is 9.47 Å². The molecule has 0 aromatic heterocycles. The SMILES string of the molecule is COC(=O)C1CN(Cc2ccc3c(OC4CCC(C)CC4)cccc3c2)C1. The first-order valence-corrected chi connectivity index (χ1v) is 10.1. The zero-order chi connectivity index (χ0) is 18.8. The zero-order valence-corrected chi connectivity index (χ0v) is 16.3. The summed E-state index contributed by atoms with van der Waals surface area (Å²) >= 11 is 0. The van der Waals surface area contributed by atoms with Crippen molar-refractivity contribution in [3.05, 3.63) is 42.0 Å². The molecule has 0 unspecified atom stereocenters. The molecule has 2 aliphatic rings. The summed E-state index contributed by atoms with van der Waals surface area (Å²) in [6.45, 7) is 4.78. The van der Waals surface area contributed by atoms with Crippen molar-refractivity contribution in [2.24, 2.45) is 11.8 Å². The molecule has 1 saturated heterocycles. The first-order valence-electron chi connectivity index (χ1n) is 10.1. The van der Waals surface area contributed by atoms with Gasteiger partial charge in [0.05, 0.1) is 19.1 Å². The van der Waals surface area contributed by atoms with Crippen LogP contribution in [-0.4, -0.2) is 37.2 Å². The molecule has 0 bridgehead atoms. The summed E-state index contributed by atoms with van der Waals surface area (Å²) in [7, 11) is 1.46. The second-order valence-corrected chi connectivity index (χ2v) is 8.23. The van der Waals surface area contributed by atoms with E-state index in [-0.39, 0.29) is 11.9 Å². The van der Waals surface area contributed by atoms with Gasteiger partial charge in [0, 0.05) is 25.0 Å². The second kappa shape index (κ2) is 7.89. The Bertz CT molecular complexity index is 804. The number of methoxy groups -OCH3 is 1. The summed E-state index contributed by atoms with van der Waals surface area (Å²) in [6.07, 6.45) is 5.20. The van der Waals surface area contributed by atoms with Gasteiger partial charge in [0.2, 0.25) is 0 Å². The second-order valence-electron chi connectivity index (χ2n) is 8.23. The molecule has 0 radical (unpaired) electrons. The first kappa shape index (κ1) is 18.3. The van der Waals surface area contributed by atoms with Crippen molar-refractivity contribution in [2.75, 3.05) is 20.2 Å². The average Bonchev–Trinajstić information content (AvgIpc) is 2.65. The van der Waals surface area contributed by atoms with Crippen molar-refractivity contribution in [1.82, 2.24) is 4.90 Å². The topological polar surface area (TPSA) is 38.8 Å². The minimum absolute atomic E-state index is 0.0358. The molecule has 27 heavy (non-hydrogen) atoms. The Morgan fingerprint density at radius 2 is 1.89 bits per heavy atom. The number of esters is 1. The van der Waals surface area contributed by atoms with Crippen LogP contribution in [0.1, 0.15) is 38.2 Å². The van der Waals surface area contributed by atoms with Crippen molar-refractivity contribution in [3.8, 4) is 5.75 Å². The molecule has 0 N–H and O–H groups in total. The van der Waals surface area contributed by atoms with Crippen molar-refractivity contribution >= 4 is 16.7 Å². The molecule has 4 rings (SSSR count). The Morgan fingerprint density at radius 1 is 1.11 bits per heavy atom. The van der Waals surface area contributed by atoms with Gasteiger partial charge in [-0.15, -0.1) is 0 Å². The van der Waals surface area contributed by atoms with Gasteiger partial charge in [-0.3, -0.25) is 9.69 Å². The Labute approximate surface area is 161 Å². The van der Waals surface area contributed by atoms with Gasteiger partial charge in [0.15, 0.2) is 0 Å². The molecule has 2 aromatic rings. The lowest BCUT2D eigenvalue weighted by atomic mass is 9.89. The van der Waals surface area contributed by atoms with Crippen LogP contribution >= 0.6 is 0 Å². The molecule has 0 amide bonds. The number of benzene rings is 2. The van der Waals surface area contributed by atoms with E-state index in [1.165, 1.54) is 36.3 Å². The van der Waals surface area contributed by atoms with Gasteiger partial charge in [0.25, 0.3) is 0 Å². The van der Waals surface area contributed by atoms with E-state index in [1.807, 2.05) is 0 Å². The number of rotatable bonds is 5. The Morgan fingerprint density at radius 3 is 2.63 bits per heavy atom. The van der Waals surface area contributed by atoms with Crippen LogP contribution in [0.25, 0.3) is 10.8 Å². The minimum Gasteiger partial charge on any atom is -0.490 e. The van der Waals surface area contributed by atoms with Crippen LogP contribution in [0.4, 0.5) is 0 Å². The number of hydrogen-bond donors (Lipinski definition) is 0. The van der Waals surface area contributed by atoms with Crippen LogP contribution in [0.2, 0.25) is 0 Å². The van der Waals surface area contributed by atoms with Crippen LogP contribution < -0.4 is 4.74 Å². The molecule has 1 saturated carbocycles. The monoisotopic (exact) mass is 367 g/mol. The summed E-state index contributed by atoms with van der Waals surface area (Å²) in [5.74, 6) is 1.78. The molecule has 144 valence electrons. The maximum Gasteiger partial charge on any atom is 0.311 e. The molecule has 4 nitrogen and oxygen atoms in total.